The Morgan fingerprint density at radius 1 is 1.33 bits per heavy atom. The van der Waals surface area contributed by atoms with Gasteiger partial charge in [0.05, 0.1) is 11.8 Å². The maximum Gasteiger partial charge on any atom is 0.214 e. The van der Waals surface area contributed by atoms with Crippen molar-refractivity contribution in [1.29, 1.82) is 0 Å². The van der Waals surface area contributed by atoms with E-state index in [0.717, 1.165) is 6.42 Å². The average Bonchev–Trinajstić information content (AvgIpc) is 2.37. The van der Waals surface area contributed by atoms with Gasteiger partial charge in [-0.15, -0.1) is 0 Å². The molecule has 1 aromatic carbocycles. The molecule has 100 valence electrons. The number of sulfonamides is 1. The zero-order chi connectivity index (χ0) is 13.3. The van der Waals surface area contributed by atoms with Gasteiger partial charge >= 0.3 is 0 Å². The van der Waals surface area contributed by atoms with Crippen molar-refractivity contribution in [3.8, 4) is 0 Å². The second kappa shape index (κ2) is 5.02. The van der Waals surface area contributed by atoms with Crippen molar-refractivity contribution < 1.29 is 8.42 Å². The van der Waals surface area contributed by atoms with E-state index in [1.807, 2.05) is 12.1 Å². The number of fused-ring (bicyclic) bond motifs is 1. The minimum atomic E-state index is -3.12. The van der Waals surface area contributed by atoms with Crippen LogP contribution < -0.4 is 0 Å². The van der Waals surface area contributed by atoms with Crippen molar-refractivity contribution >= 4 is 10.0 Å². The zero-order valence-corrected chi connectivity index (χ0v) is 12.1. The maximum atomic E-state index is 12.2. The van der Waals surface area contributed by atoms with Crippen LogP contribution in [0, 0.1) is 5.92 Å². The van der Waals surface area contributed by atoms with Gasteiger partial charge in [-0.05, 0) is 30.4 Å². The maximum absolute atomic E-state index is 12.2. The highest BCUT2D eigenvalue weighted by molar-refractivity contribution is 7.89. The second-order valence-corrected chi connectivity index (χ2v) is 7.36. The van der Waals surface area contributed by atoms with Gasteiger partial charge in [0, 0.05) is 6.54 Å². The molecule has 3 nitrogen and oxygen atoms in total. The molecule has 1 aromatic rings. The molecular formula is C14H21NO2S. The summed E-state index contributed by atoms with van der Waals surface area (Å²) in [5.41, 5.74) is 2.47. The molecular weight excluding hydrogens is 246 g/mol. The Labute approximate surface area is 110 Å². The molecule has 0 radical (unpaired) electrons. The van der Waals surface area contributed by atoms with Crippen molar-refractivity contribution in [2.45, 2.75) is 33.2 Å². The lowest BCUT2D eigenvalue weighted by Crippen LogP contribution is -2.42. The molecule has 0 aliphatic carbocycles. The molecule has 0 saturated heterocycles. The Morgan fingerprint density at radius 2 is 2.00 bits per heavy atom. The van der Waals surface area contributed by atoms with Crippen molar-refractivity contribution in [2.24, 2.45) is 5.92 Å². The Kier molecular flexibility index (Phi) is 3.78. The standard InChI is InChI=1S/C14H21NO2S/c1-4-18(16,17)15-10-9-12-7-5-6-8-13(12)14(15)11(2)3/h5-8,11,14H,4,9-10H2,1-3H3. The average molecular weight is 267 g/mol. The van der Waals surface area contributed by atoms with E-state index in [4.69, 9.17) is 0 Å². The molecule has 2 rings (SSSR count). The van der Waals surface area contributed by atoms with Crippen LogP contribution in [0.1, 0.15) is 37.9 Å². The highest BCUT2D eigenvalue weighted by atomic mass is 32.2. The topological polar surface area (TPSA) is 37.4 Å². The van der Waals surface area contributed by atoms with Crippen LogP contribution in [0.15, 0.2) is 24.3 Å². The molecule has 0 bridgehead atoms. The van der Waals surface area contributed by atoms with Crippen LogP contribution in [-0.4, -0.2) is 25.0 Å². The summed E-state index contributed by atoms with van der Waals surface area (Å²) in [6.45, 7) is 6.50. The van der Waals surface area contributed by atoms with E-state index in [1.54, 1.807) is 11.2 Å². The molecule has 1 aliphatic heterocycles. The van der Waals surface area contributed by atoms with E-state index in [0.29, 0.717) is 6.54 Å². The van der Waals surface area contributed by atoms with Gasteiger partial charge in [-0.3, -0.25) is 0 Å². The van der Waals surface area contributed by atoms with Gasteiger partial charge in [0.25, 0.3) is 0 Å². The van der Waals surface area contributed by atoms with Gasteiger partial charge in [-0.2, -0.15) is 4.31 Å². The normalized spacial score (nSPS) is 21.0. The number of benzene rings is 1. The Hall–Kier alpha value is -0.870. The molecule has 0 N–H and O–H groups in total. The lowest BCUT2D eigenvalue weighted by Gasteiger charge is -2.38. The summed E-state index contributed by atoms with van der Waals surface area (Å²) in [5, 5.41) is 0. The van der Waals surface area contributed by atoms with Crippen molar-refractivity contribution in [3.63, 3.8) is 0 Å². The Bertz CT molecular complexity index is 522. The first-order chi connectivity index (χ1) is 8.47. The third-order valence-corrected chi connectivity index (χ3v) is 5.49. The predicted molar refractivity (Wildman–Crippen MR) is 73.9 cm³/mol. The quantitative estimate of drug-likeness (QED) is 0.844. The third-order valence-electron chi connectivity index (χ3n) is 3.64. The van der Waals surface area contributed by atoms with Crippen LogP contribution in [0.4, 0.5) is 0 Å². The zero-order valence-electron chi connectivity index (χ0n) is 11.3. The molecule has 0 aromatic heterocycles. The fourth-order valence-corrected chi connectivity index (χ4v) is 4.15. The van der Waals surface area contributed by atoms with Gasteiger partial charge in [0.15, 0.2) is 0 Å². The minimum Gasteiger partial charge on any atom is -0.212 e. The van der Waals surface area contributed by atoms with E-state index >= 15 is 0 Å². The van der Waals surface area contributed by atoms with Gasteiger partial charge < -0.3 is 0 Å². The summed E-state index contributed by atoms with van der Waals surface area (Å²) in [5.74, 6) is 0.464. The molecule has 0 amide bonds. The van der Waals surface area contributed by atoms with Crippen molar-refractivity contribution in [3.05, 3.63) is 35.4 Å². The fourth-order valence-electron chi connectivity index (χ4n) is 2.74. The van der Waals surface area contributed by atoms with Gasteiger partial charge in [0.1, 0.15) is 0 Å². The van der Waals surface area contributed by atoms with Gasteiger partial charge in [-0.25, -0.2) is 8.42 Å². The van der Waals surface area contributed by atoms with E-state index in [-0.39, 0.29) is 17.7 Å². The Morgan fingerprint density at radius 3 is 2.61 bits per heavy atom. The smallest absolute Gasteiger partial charge is 0.212 e. The lowest BCUT2D eigenvalue weighted by atomic mass is 9.88. The number of rotatable bonds is 3. The monoisotopic (exact) mass is 267 g/mol. The van der Waals surface area contributed by atoms with Crippen molar-refractivity contribution in [1.82, 2.24) is 4.31 Å². The van der Waals surface area contributed by atoms with Crippen LogP contribution in [0.3, 0.4) is 0 Å². The summed E-state index contributed by atoms with van der Waals surface area (Å²) >= 11 is 0. The second-order valence-electron chi connectivity index (χ2n) is 5.15. The van der Waals surface area contributed by atoms with Gasteiger partial charge in [-0.1, -0.05) is 38.1 Å². The highest BCUT2D eigenvalue weighted by Gasteiger charge is 2.35. The summed E-state index contributed by atoms with van der Waals surface area (Å²) < 4.78 is 26.1. The predicted octanol–water partition coefficient (Wildman–Crippen LogP) is 2.59. The first-order valence-corrected chi connectivity index (χ1v) is 8.15. The highest BCUT2D eigenvalue weighted by Crippen LogP contribution is 2.36. The SMILES string of the molecule is CCS(=O)(=O)N1CCc2ccccc2C1C(C)C. The molecule has 18 heavy (non-hydrogen) atoms. The molecule has 1 aliphatic rings. The first kappa shape index (κ1) is 13.6. The number of nitrogens with zero attached hydrogens (tertiary/aromatic N) is 1. The Balaban J connectivity index is 2.49. The van der Waals surface area contributed by atoms with Crippen molar-refractivity contribution in [2.75, 3.05) is 12.3 Å². The summed E-state index contributed by atoms with van der Waals surface area (Å²) in [7, 11) is -3.12. The molecule has 0 spiro atoms. The van der Waals surface area contributed by atoms with Crippen LogP contribution in [-0.2, 0) is 16.4 Å². The van der Waals surface area contributed by atoms with Crippen LogP contribution in [0.25, 0.3) is 0 Å². The summed E-state index contributed by atoms with van der Waals surface area (Å²) in [6.07, 6.45) is 0.818. The number of hydrogen-bond acceptors (Lipinski definition) is 2. The van der Waals surface area contributed by atoms with E-state index in [9.17, 15) is 8.42 Å². The summed E-state index contributed by atoms with van der Waals surface area (Å²) in [6, 6.07) is 8.19. The van der Waals surface area contributed by atoms with Crippen LogP contribution >= 0.6 is 0 Å². The number of hydrogen-bond donors (Lipinski definition) is 0. The summed E-state index contributed by atoms with van der Waals surface area (Å²) in [4.78, 5) is 0. The lowest BCUT2D eigenvalue weighted by molar-refractivity contribution is 0.248. The fraction of sp³-hybridized carbons (Fsp3) is 0.571. The van der Waals surface area contributed by atoms with E-state index < -0.39 is 10.0 Å². The first-order valence-electron chi connectivity index (χ1n) is 6.54. The molecule has 4 heteroatoms. The minimum absolute atomic E-state index is 0.0140. The molecule has 0 saturated carbocycles. The van der Waals surface area contributed by atoms with E-state index in [1.165, 1.54) is 11.1 Å². The van der Waals surface area contributed by atoms with Crippen LogP contribution in [0.5, 0.6) is 0 Å². The van der Waals surface area contributed by atoms with Gasteiger partial charge in [0.2, 0.25) is 10.0 Å². The largest absolute Gasteiger partial charge is 0.214 e. The molecule has 0 fully saturated rings. The third kappa shape index (κ3) is 2.31. The molecule has 1 unspecified atom stereocenters. The van der Waals surface area contributed by atoms with Crippen LogP contribution in [0.2, 0.25) is 0 Å². The van der Waals surface area contributed by atoms with E-state index in [2.05, 4.69) is 26.0 Å². The molecule has 1 atom stereocenters. The molecule has 1 heterocycles.